The number of rotatable bonds is 6. The van der Waals surface area contributed by atoms with Gasteiger partial charge >= 0.3 is 0 Å². The SMILES string of the molecule is CC(C)COc1ccc(C(N)CN(C)C)cc1. The van der Waals surface area contributed by atoms with Crippen molar-refractivity contribution in [1.82, 2.24) is 4.90 Å². The van der Waals surface area contributed by atoms with E-state index >= 15 is 0 Å². The molecule has 1 unspecified atom stereocenters. The summed E-state index contributed by atoms with van der Waals surface area (Å²) in [5.74, 6) is 1.46. The first kappa shape index (κ1) is 14.0. The minimum absolute atomic E-state index is 0.0594. The quantitative estimate of drug-likeness (QED) is 0.823. The van der Waals surface area contributed by atoms with E-state index in [2.05, 4.69) is 18.7 Å². The Hall–Kier alpha value is -1.06. The predicted octanol–water partition coefficient (Wildman–Crippen LogP) is 2.28. The molecule has 0 saturated heterocycles. The van der Waals surface area contributed by atoms with Gasteiger partial charge in [-0.25, -0.2) is 0 Å². The van der Waals surface area contributed by atoms with E-state index in [0.717, 1.165) is 24.5 Å². The normalized spacial score (nSPS) is 13.1. The first-order chi connectivity index (χ1) is 7.99. The highest BCUT2D eigenvalue weighted by atomic mass is 16.5. The second kappa shape index (κ2) is 6.62. The van der Waals surface area contributed by atoms with Crippen LogP contribution in [0.2, 0.25) is 0 Å². The molecular weight excluding hydrogens is 212 g/mol. The third-order valence-corrected chi connectivity index (χ3v) is 2.45. The summed E-state index contributed by atoms with van der Waals surface area (Å²) in [7, 11) is 4.06. The lowest BCUT2D eigenvalue weighted by molar-refractivity contribution is 0.271. The fourth-order valence-electron chi connectivity index (χ4n) is 1.57. The smallest absolute Gasteiger partial charge is 0.119 e. The van der Waals surface area contributed by atoms with Gasteiger partial charge in [-0.3, -0.25) is 0 Å². The first-order valence-corrected chi connectivity index (χ1v) is 6.12. The molecule has 17 heavy (non-hydrogen) atoms. The van der Waals surface area contributed by atoms with Gasteiger partial charge in [-0.1, -0.05) is 26.0 Å². The average molecular weight is 236 g/mol. The van der Waals surface area contributed by atoms with Crippen LogP contribution >= 0.6 is 0 Å². The van der Waals surface area contributed by atoms with E-state index in [1.54, 1.807) is 0 Å². The Kier molecular flexibility index (Phi) is 5.45. The molecule has 0 heterocycles. The fraction of sp³-hybridized carbons (Fsp3) is 0.571. The molecule has 1 atom stereocenters. The van der Waals surface area contributed by atoms with Gasteiger partial charge in [0.25, 0.3) is 0 Å². The van der Waals surface area contributed by atoms with Gasteiger partial charge in [-0.2, -0.15) is 0 Å². The Balaban J connectivity index is 2.55. The van der Waals surface area contributed by atoms with E-state index in [1.165, 1.54) is 0 Å². The van der Waals surface area contributed by atoms with Crippen LogP contribution in [0, 0.1) is 5.92 Å². The number of nitrogens with zero attached hydrogens (tertiary/aromatic N) is 1. The predicted molar refractivity (Wildman–Crippen MR) is 72.3 cm³/mol. The molecule has 0 bridgehead atoms. The number of benzene rings is 1. The summed E-state index contributed by atoms with van der Waals surface area (Å²) in [6, 6.07) is 8.14. The lowest BCUT2D eigenvalue weighted by Crippen LogP contribution is -2.25. The molecule has 0 amide bonds. The van der Waals surface area contributed by atoms with Crippen LogP contribution in [-0.4, -0.2) is 32.1 Å². The minimum Gasteiger partial charge on any atom is -0.493 e. The van der Waals surface area contributed by atoms with Gasteiger partial charge in [0.1, 0.15) is 5.75 Å². The lowest BCUT2D eigenvalue weighted by Gasteiger charge is -2.17. The summed E-state index contributed by atoms with van der Waals surface area (Å²) in [6.45, 7) is 5.89. The molecule has 0 aliphatic carbocycles. The highest BCUT2D eigenvalue weighted by Crippen LogP contribution is 2.17. The van der Waals surface area contributed by atoms with Crippen LogP contribution in [0.5, 0.6) is 5.75 Å². The van der Waals surface area contributed by atoms with E-state index in [1.807, 2.05) is 38.4 Å². The molecule has 0 radical (unpaired) electrons. The second-order valence-corrected chi connectivity index (χ2v) is 5.14. The number of nitrogens with two attached hydrogens (primary N) is 1. The van der Waals surface area contributed by atoms with E-state index in [-0.39, 0.29) is 6.04 Å². The zero-order valence-corrected chi connectivity index (χ0v) is 11.3. The lowest BCUT2D eigenvalue weighted by atomic mass is 10.1. The summed E-state index contributed by atoms with van der Waals surface area (Å²) in [5, 5.41) is 0. The highest BCUT2D eigenvalue weighted by molar-refractivity contribution is 5.29. The molecule has 3 heteroatoms. The molecule has 0 fully saturated rings. The number of hydrogen-bond acceptors (Lipinski definition) is 3. The van der Waals surface area contributed by atoms with Gasteiger partial charge in [0.2, 0.25) is 0 Å². The van der Waals surface area contributed by atoms with Gasteiger partial charge < -0.3 is 15.4 Å². The maximum atomic E-state index is 6.09. The van der Waals surface area contributed by atoms with E-state index in [0.29, 0.717) is 5.92 Å². The zero-order chi connectivity index (χ0) is 12.8. The van der Waals surface area contributed by atoms with Crippen LogP contribution in [0.3, 0.4) is 0 Å². The van der Waals surface area contributed by atoms with Crippen molar-refractivity contribution < 1.29 is 4.74 Å². The maximum absolute atomic E-state index is 6.09. The molecular formula is C14H24N2O. The molecule has 1 aromatic carbocycles. The molecule has 1 rings (SSSR count). The van der Waals surface area contributed by atoms with Crippen molar-refractivity contribution in [3.63, 3.8) is 0 Å². The topological polar surface area (TPSA) is 38.5 Å². The Labute approximate surface area is 105 Å². The van der Waals surface area contributed by atoms with Crippen molar-refractivity contribution in [3.8, 4) is 5.75 Å². The molecule has 0 aliphatic rings. The van der Waals surface area contributed by atoms with Crippen molar-refractivity contribution in [2.75, 3.05) is 27.2 Å². The van der Waals surface area contributed by atoms with E-state index in [4.69, 9.17) is 10.5 Å². The van der Waals surface area contributed by atoms with Gasteiger partial charge in [0, 0.05) is 12.6 Å². The first-order valence-electron chi connectivity index (χ1n) is 6.12. The number of ether oxygens (including phenoxy) is 1. The van der Waals surface area contributed by atoms with Crippen molar-refractivity contribution in [2.45, 2.75) is 19.9 Å². The molecule has 0 spiro atoms. The summed E-state index contributed by atoms with van der Waals surface area (Å²) in [6.07, 6.45) is 0. The molecule has 0 aliphatic heterocycles. The number of hydrogen-bond donors (Lipinski definition) is 1. The Morgan fingerprint density at radius 1 is 1.18 bits per heavy atom. The van der Waals surface area contributed by atoms with Gasteiger partial charge in [0.15, 0.2) is 0 Å². The van der Waals surface area contributed by atoms with Crippen LogP contribution in [0.15, 0.2) is 24.3 Å². The van der Waals surface area contributed by atoms with Crippen molar-refractivity contribution in [1.29, 1.82) is 0 Å². The van der Waals surface area contributed by atoms with Crippen LogP contribution in [0.4, 0.5) is 0 Å². The summed E-state index contributed by atoms with van der Waals surface area (Å²) in [4.78, 5) is 2.09. The fourth-order valence-corrected chi connectivity index (χ4v) is 1.57. The van der Waals surface area contributed by atoms with Gasteiger partial charge in [-0.05, 0) is 37.7 Å². The largest absolute Gasteiger partial charge is 0.493 e. The van der Waals surface area contributed by atoms with Crippen LogP contribution in [0.1, 0.15) is 25.5 Å². The van der Waals surface area contributed by atoms with E-state index in [9.17, 15) is 0 Å². The minimum atomic E-state index is 0.0594. The molecule has 0 aromatic heterocycles. The molecule has 96 valence electrons. The summed E-state index contributed by atoms with van der Waals surface area (Å²) in [5.41, 5.74) is 7.23. The highest BCUT2D eigenvalue weighted by Gasteiger charge is 2.07. The molecule has 0 saturated carbocycles. The Morgan fingerprint density at radius 2 is 1.76 bits per heavy atom. The third kappa shape index (κ3) is 5.20. The third-order valence-electron chi connectivity index (χ3n) is 2.45. The monoisotopic (exact) mass is 236 g/mol. The Morgan fingerprint density at radius 3 is 2.24 bits per heavy atom. The Bertz CT molecular complexity index is 319. The van der Waals surface area contributed by atoms with Crippen molar-refractivity contribution >= 4 is 0 Å². The van der Waals surface area contributed by atoms with Crippen LogP contribution < -0.4 is 10.5 Å². The average Bonchev–Trinajstić information content (AvgIpc) is 2.26. The van der Waals surface area contributed by atoms with Crippen molar-refractivity contribution in [2.24, 2.45) is 11.7 Å². The number of likely N-dealkylation sites (N-methyl/N-ethyl adjacent to an activating group) is 1. The van der Waals surface area contributed by atoms with Crippen LogP contribution in [-0.2, 0) is 0 Å². The summed E-state index contributed by atoms with van der Waals surface area (Å²) < 4.78 is 5.63. The standard InChI is InChI=1S/C14H24N2O/c1-11(2)10-17-13-7-5-12(6-8-13)14(15)9-16(3)4/h5-8,11,14H,9-10,15H2,1-4H3. The summed E-state index contributed by atoms with van der Waals surface area (Å²) >= 11 is 0. The van der Waals surface area contributed by atoms with Crippen LogP contribution in [0.25, 0.3) is 0 Å². The zero-order valence-electron chi connectivity index (χ0n) is 11.3. The molecule has 1 aromatic rings. The molecule has 2 N–H and O–H groups in total. The van der Waals surface area contributed by atoms with Gasteiger partial charge in [0.05, 0.1) is 6.61 Å². The maximum Gasteiger partial charge on any atom is 0.119 e. The second-order valence-electron chi connectivity index (χ2n) is 5.14. The van der Waals surface area contributed by atoms with Crippen molar-refractivity contribution in [3.05, 3.63) is 29.8 Å². The van der Waals surface area contributed by atoms with E-state index < -0.39 is 0 Å². The van der Waals surface area contributed by atoms with Gasteiger partial charge in [-0.15, -0.1) is 0 Å². The molecule has 3 nitrogen and oxygen atoms in total.